The second-order valence-electron chi connectivity index (χ2n) is 8.88. The van der Waals surface area contributed by atoms with Gasteiger partial charge in [-0.15, -0.1) is 0 Å². The average molecular weight is 522 g/mol. The number of halogens is 1. The molecule has 0 bridgehead atoms. The Balaban J connectivity index is 1.11. The van der Waals surface area contributed by atoms with Gasteiger partial charge in [-0.3, -0.25) is 19.4 Å². The molecular weight excluding hydrogens is 498 g/mol. The summed E-state index contributed by atoms with van der Waals surface area (Å²) in [5, 5.41) is 0.593. The number of carbonyl (C=O) groups excluding carboxylic acids is 2. The van der Waals surface area contributed by atoms with E-state index in [1.165, 1.54) is 0 Å². The maximum Gasteiger partial charge on any atom is 0.267 e. The van der Waals surface area contributed by atoms with Crippen LogP contribution in [0, 0.1) is 0 Å². The molecule has 6 rings (SSSR count). The molecule has 1 saturated heterocycles. The Labute approximate surface area is 218 Å². The van der Waals surface area contributed by atoms with Crippen molar-refractivity contribution in [1.29, 1.82) is 0 Å². The SMILES string of the molecule is O=C([C@H]1COc2ccccc2O1)N1CCN(CC(=O)N2c3ccccc3Sc3ccc(Cl)cc32)CC1. The number of nitrogens with zero attached hydrogens (tertiary/aromatic N) is 3. The van der Waals surface area contributed by atoms with Crippen molar-refractivity contribution in [3.05, 3.63) is 71.8 Å². The zero-order valence-corrected chi connectivity index (χ0v) is 21.0. The lowest BCUT2D eigenvalue weighted by Crippen LogP contribution is -2.55. The Bertz CT molecular complexity index is 1330. The van der Waals surface area contributed by atoms with Gasteiger partial charge >= 0.3 is 0 Å². The van der Waals surface area contributed by atoms with Gasteiger partial charge < -0.3 is 14.4 Å². The summed E-state index contributed by atoms with van der Waals surface area (Å²) in [5.74, 6) is 1.14. The minimum Gasteiger partial charge on any atom is -0.485 e. The molecule has 0 aromatic heterocycles. The van der Waals surface area contributed by atoms with Crippen LogP contribution >= 0.6 is 23.4 Å². The lowest BCUT2D eigenvalue weighted by atomic mass is 10.2. The molecule has 1 atom stereocenters. The van der Waals surface area contributed by atoms with Crippen molar-refractivity contribution in [3.63, 3.8) is 0 Å². The van der Waals surface area contributed by atoms with Crippen LogP contribution in [0.2, 0.25) is 5.02 Å². The number of amides is 2. The molecule has 0 aliphatic carbocycles. The van der Waals surface area contributed by atoms with E-state index in [1.807, 2.05) is 60.7 Å². The van der Waals surface area contributed by atoms with E-state index in [4.69, 9.17) is 21.1 Å². The van der Waals surface area contributed by atoms with E-state index in [1.54, 1.807) is 27.6 Å². The van der Waals surface area contributed by atoms with Crippen molar-refractivity contribution in [1.82, 2.24) is 9.80 Å². The van der Waals surface area contributed by atoms with E-state index >= 15 is 0 Å². The largest absolute Gasteiger partial charge is 0.485 e. The van der Waals surface area contributed by atoms with Crippen LogP contribution in [0.1, 0.15) is 0 Å². The number of fused-ring (bicyclic) bond motifs is 3. The minimum absolute atomic E-state index is 0.0216. The van der Waals surface area contributed by atoms with Gasteiger partial charge in [0.2, 0.25) is 12.0 Å². The summed E-state index contributed by atoms with van der Waals surface area (Å²) in [6.45, 7) is 2.72. The lowest BCUT2D eigenvalue weighted by Gasteiger charge is -2.38. The third kappa shape index (κ3) is 4.40. The third-order valence-electron chi connectivity index (χ3n) is 6.56. The fourth-order valence-electron chi connectivity index (χ4n) is 4.73. The third-order valence-corrected chi connectivity index (χ3v) is 7.93. The monoisotopic (exact) mass is 521 g/mol. The molecule has 0 saturated carbocycles. The Hall–Kier alpha value is -3.20. The molecular formula is C27H24ClN3O4S. The maximum absolute atomic E-state index is 13.6. The molecule has 184 valence electrons. The van der Waals surface area contributed by atoms with Crippen molar-refractivity contribution in [2.45, 2.75) is 15.9 Å². The van der Waals surface area contributed by atoms with Crippen molar-refractivity contribution in [2.75, 3.05) is 44.2 Å². The quantitative estimate of drug-likeness (QED) is 0.507. The molecule has 0 unspecified atom stereocenters. The number of para-hydroxylation sites is 3. The summed E-state index contributed by atoms with van der Waals surface area (Å²) in [6.07, 6.45) is -0.656. The van der Waals surface area contributed by atoms with E-state index in [0.29, 0.717) is 42.7 Å². The van der Waals surface area contributed by atoms with Gasteiger partial charge in [0.05, 0.1) is 17.9 Å². The van der Waals surface area contributed by atoms with E-state index < -0.39 is 6.10 Å². The Morgan fingerprint density at radius 2 is 1.61 bits per heavy atom. The maximum atomic E-state index is 13.6. The summed E-state index contributed by atoms with van der Waals surface area (Å²) in [4.78, 5) is 34.3. The van der Waals surface area contributed by atoms with E-state index in [0.717, 1.165) is 21.2 Å². The summed E-state index contributed by atoms with van der Waals surface area (Å²) >= 11 is 7.93. The molecule has 0 N–H and O–H groups in total. The highest BCUT2D eigenvalue weighted by Gasteiger charge is 2.34. The highest BCUT2D eigenvalue weighted by Crippen LogP contribution is 2.48. The van der Waals surface area contributed by atoms with E-state index in [9.17, 15) is 9.59 Å². The van der Waals surface area contributed by atoms with Crippen molar-refractivity contribution in [3.8, 4) is 11.5 Å². The van der Waals surface area contributed by atoms with Crippen LogP contribution in [-0.4, -0.2) is 67.0 Å². The standard InChI is InChI=1S/C27H24ClN3O4S/c28-18-9-10-25-20(15-18)31(19-5-1-4-8-24(19)36-25)26(32)16-29-11-13-30(14-12-29)27(33)23-17-34-21-6-2-3-7-22(21)35-23/h1-10,15,23H,11-14,16-17H2/t23-/m1/s1. The van der Waals surface area contributed by atoms with Crippen LogP contribution in [-0.2, 0) is 9.59 Å². The number of hydrogen-bond acceptors (Lipinski definition) is 6. The molecule has 1 fully saturated rings. The Kier molecular flexibility index (Phi) is 6.25. The fourth-order valence-corrected chi connectivity index (χ4v) is 5.93. The van der Waals surface area contributed by atoms with Crippen molar-refractivity contribution < 1.29 is 19.1 Å². The van der Waals surface area contributed by atoms with Gasteiger partial charge in [0.15, 0.2) is 11.5 Å². The molecule has 0 radical (unpaired) electrons. The van der Waals surface area contributed by atoms with Gasteiger partial charge in [-0.1, -0.05) is 47.6 Å². The van der Waals surface area contributed by atoms with Crippen LogP contribution in [0.5, 0.6) is 11.5 Å². The first kappa shape index (κ1) is 23.2. The smallest absolute Gasteiger partial charge is 0.267 e. The van der Waals surface area contributed by atoms with E-state index in [2.05, 4.69) is 4.90 Å². The van der Waals surface area contributed by atoms with Gasteiger partial charge in [-0.2, -0.15) is 0 Å². The van der Waals surface area contributed by atoms with Crippen LogP contribution in [0.15, 0.2) is 76.5 Å². The van der Waals surface area contributed by atoms with E-state index in [-0.39, 0.29) is 25.0 Å². The normalized spacial score (nSPS) is 18.9. The number of hydrogen-bond donors (Lipinski definition) is 0. The number of benzene rings is 3. The molecule has 3 aromatic rings. The highest BCUT2D eigenvalue weighted by molar-refractivity contribution is 7.99. The van der Waals surface area contributed by atoms with Crippen LogP contribution in [0.25, 0.3) is 0 Å². The van der Waals surface area contributed by atoms with Crippen LogP contribution in [0.4, 0.5) is 11.4 Å². The predicted molar refractivity (Wildman–Crippen MR) is 139 cm³/mol. The number of rotatable bonds is 3. The average Bonchev–Trinajstić information content (AvgIpc) is 2.91. The number of piperazine rings is 1. The van der Waals surface area contributed by atoms with Crippen molar-refractivity contribution >= 4 is 46.6 Å². The van der Waals surface area contributed by atoms with Crippen molar-refractivity contribution in [2.24, 2.45) is 0 Å². The highest BCUT2D eigenvalue weighted by atomic mass is 35.5. The Morgan fingerprint density at radius 3 is 2.44 bits per heavy atom. The van der Waals surface area contributed by atoms with Crippen LogP contribution in [0.3, 0.4) is 0 Å². The molecule has 3 aromatic carbocycles. The summed E-state index contributed by atoms with van der Waals surface area (Å²) in [5.41, 5.74) is 1.67. The summed E-state index contributed by atoms with van der Waals surface area (Å²) < 4.78 is 11.6. The van der Waals surface area contributed by atoms with Gasteiger partial charge in [-0.25, -0.2) is 0 Å². The molecule has 7 nitrogen and oxygen atoms in total. The first-order valence-electron chi connectivity index (χ1n) is 11.9. The molecule has 3 heterocycles. The molecule has 36 heavy (non-hydrogen) atoms. The first-order chi connectivity index (χ1) is 17.6. The predicted octanol–water partition coefficient (Wildman–Crippen LogP) is 4.45. The zero-order chi connectivity index (χ0) is 24.6. The molecule has 3 aliphatic heterocycles. The zero-order valence-electron chi connectivity index (χ0n) is 19.4. The second kappa shape index (κ2) is 9.69. The topological polar surface area (TPSA) is 62.3 Å². The van der Waals surface area contributed by atoms with Gasteiger partial charge in [-0.05, 0) is 42.5 Å². The number of ether oxygens (including phenoxy) is 2. The number of carbonyl (C=O) groups is 2. The minimum atomic E-state index is -0.656. The Morgan fingerprint density at radius 1 is 0.889 bits per heavy atom. The number of anilines is 2. The van der Waals surface area contributed by atoms with Gasteiger partial charge in [0, 0.05) is 41.0 Å². The molecule has 2 amide bonds. The lowest BCUT2D eigenvalue weighted by molar-refractivity contribution is -0.143. The van der Waals surface area contributed by atoms with Gasteiger partial charge in [0.25, 0.3) is 5.91 Å². The summed E-state index contributed by atoms with van der Waals surface area (Å²) in [6, 6.07) is 20.9. The molecule has 9 heteroatoms. The molecule has 3 aliphatic rings. The first-order valence-corrected chi connectivity index (χ1v) is 13.1. The fraction of sp³-hybridized carbons (Fsp3) is 0.259. The molecule has 0 spiro atoms. The van der Waals surface area contributed by atoms with Gasteiger partial charge in [0.1, 0.15) is 6.61 Å². The van der Waals surface area contributed by atoms with Crippen LogP contribution < -0.4 is 14.4 Å². The summed E-state index contributed by atoms with van der Waals surface area (Å²) in [7, 11) is 0. The second-order valence-corrected chi connectivity index (χ2v) is 10.4.